The maximum Gasteiger partial charge on any atom is 0.0683 e. The molecule has 16 heavy (non-hydrogen) atoms. The molecule has 1 rings (SSSR count). The molecule has 0 aliphatic carbocycles. The number of nitriles is 1. The minimum atomic E-state index is -0.173. The molecule has 0 saturated heterocycles. The average molecular weight is 233 g/mol. The van der Waals surface area contributed by atoms with E-state index in [1.54, 1.807) is 0 Å². The fourth-order valence-corrected chi connectivity index (χ4v) is 2.25. The third-order valence-electron chi connectivity index (χ3n) is 2.54. The molecule has 0 fully saturated rings. The van der Waals surface area contributed by atoms with Crippen LogP contribution in [0.5, 0.6) is 0 Å². The third kappa shape index (κ3) is 4.72. The molecule has 0 N–H and O–H groups in total. The highest BCUT2D eigenvalue weighted by Gasteiger charge is 2.15. The van der Waals surface area contributed by atoms with Gasteiger partial charge in [-0.3, -0.25) is 0 Å². The number of thioether (sulfide) groups is 1. The summed E-state index contributed by atoms with van der Waals surface area (Å²) < 4.78 is 0. The number of rotatable bonds is 5. The number of benzene rings is 1. The van der Waals surface area contributed by atoms with E-state index in [9.17, 15) is 0 Å². The summed E-state index contributed by atoms with van der Waals surface area (Å²) in [6.07, 6.45) is 2.07. The second kappa shape index (κ2) is 5.96. The molecule has 1 aromatic carbocycles. The van der Waals surface area contributed by atoms with Crippen molar-refractivity contribution in [2.45, 2.75) is 38.5 Å². The second-order valence-electron chi connectivity index (χ2n) is 4.76. The van der Waals surface area contributed by atoms with E-state index in [0.29, 0.717) is 0 Å². The van der Waals surface area contributed by atoms with Gasteiger partial charge in [0.25, 0.3) is 0 Å². The first-order valence-corrected chi connectivity index (χ1v) is 6.63. The Morgan fingerprint density at radius 2 is 1.88 bits per heavy atom. The van der Waals surface area contributed by atoms with Gasteiger partial charge in [-0.2, -0.15) is 5.26 Å². The first-order chi connectivity index (χ1) is 7.53. The van der Waals surface area contributed by atoms with Crippen molar-refractivity contribution >= 4 is 11.8 Å². The van der Waals surface area contributed by atoms with Gasteiger partial charge < -0.3 is 0 Å². The molecule has 0 saturated carbocycles. The standard InChI is InChI=1S/C14H19NS/c1-12-5-7-13(8-6-12)16-10-4-9-14(2,3)11-15/h5-8H,4,9-10H2,1-3H3. The van der Waals surface area contributed by atoms with Crippen LogP contribution in [-0.4, -0.2) is 5.75 Å². The van der Waals surface area contributed by atoms with Gasteiger partial charge >= 0.3 is 0 Å². The molecule has 0 atom stereocenters. The van der Waals surface area contributed by atoms with Crippen molar-refractivity contribution in [1.29, 1.82) is 5.26 Å². The van der Waals surface area contributed by atoms with Crippen LogP contribution >= 0.6 is 11.8 Å². The summed E-state index contributed by atoms with van der Waals surface area (Å²) in [4.78, 5) is 1.32. The fraction of sp³-hybridized carbons (Fsp3) is 0.500. The second-order valence-corrected chi connectivity index (χ2v) is 5.93. The highest BCUT2D eigenvalue weighted by atomic mass is 32.2. The van der Waals surface area contributed by atoms with Gasteiger partial charge in [-0.05, 0) is 51.5 Å². The molecule has 0 unspecified atom stereocenters. The van der Waals surface area contributed by atoms with Crippen LogP contribution in [0.2, 0.25) is 0 Å². The molecule has 0 aliphatic heterocycles. The summed E-state index contributed by atoms with van der Waals surface area (Å²) in [6, 6.07) is 10.9. The Balaban J connectivity index is 2.27. The van der Waals surface area contributed by atoms with Gasteiger partial charge in [0.1, 0.15) is 0 Å². The summed E-state index contributed by atoms with van der Waals surface area (Å²) in [5.74, 6) is 1.09. The highest BCUT2D eigenvalue weighted by Crippen LogP contribution is 2.25. The van der Waals surface area contributed by atoms with E-state index in [-0.39, 0.29) is 5.41 Å². The minimum absolute atomic E-state index is 0.173. The fourth-order valence-electron chi connectivity index (χ4n) is 1.39. The predicted molar refractivity (Wildman–Crippen MR) is 70.5 cm³/mol. The van der Waals surface area contributed by atoms with Crippen LogP contribution in [0.15, 0.2) is 29.2 Å². The van der Waals surface area contributed by atoms with Gasteiger partial charge in [-0.1, -0.05) is 17.7 Å². The van der Waals surface area contributed by atoms with Crippen LogP contribution < -0.4 is 0 Å². The topological polar surface area (TPSA) is 23.8 Å². The van der Waals surface area contributed by atoms with E-state index in [1.165, 1.54) is 10.5 Å². The van der Waals surface area contributed by atoms with Crippen molar-refractivity contribution in [2.75, 3.05) is 5.75 Å². The average Bonchev–Trinajstić information content (AvgIpc) is 2.27. The zero-order valence-electron chi connectivity index (χ0n) is 10.3. The van der Waals surface area contributed by atoms with Crippen molar-refractivity contribution < 1.29 is 0 Å². The van der Waals surface area contributed by atoms with Gasteiger partial charge in [0, 0.05) is 4.90 Å². The zero-order chi connectivity index (χ0) is 12.0. The van der Waals surface area contributed by atoms with Crippen LogP contribution in [0.25, 0.3) is 0 Å². The number of hydrogen-bond acceptors (Lipinski definition) is 2. The maximum absolute atomic E-state index is 8.88. The van der Waals surface area contributed by atoms with E-state index in [4.69, 9.17) is 5.26 Å². The van der Waals surface area contributed by atoms with Crippen LogP contribution in [0.4, 0.5) is 0 Å². The van der Waals surface area contributed by atoms with Crippen LogP contribution in [-0.2, 0) is 0 Å². The molecule has 2 heteroatoms. The number of nitrogens with zero attached hydrogens (tertiary/aromatic N) is 1. The monoisotopic (exact) mass is 233 g/mol. The Hall–Kier alpha value is -0.940. The molecule has 0 aliphatic rings. The predicted octanol–water partition coefficient (Wildman–Crippen LogP) is 4.42. The zero-order valence-corrected chi connectivity index (χ0v) is 11.1. The van der Waals surface area contributed by atoms with E-state index in [1.807, 2.05) is 25.6 Å². The lowest BCUT2D eigenvalue weighted by molar-refractivity contribution is 0.448. The van der Waals surface area contributed by atoms with Crippen molar-refractivity contribution in [3.63, 3.8) is 0 Å². The van der Waals surface area contributed by atoms with Gasteiger partial charge in [0.2, 0.25) is 0 Å². The Labute approximate surface area is 103 Å². The first-order valence-electron chi connectivity index (χ1n) is 5.64. The number of hydrogen-bond donors (Lipinski definition) is 0. The molecule has 0 aromatic heterocycles. The molecule has 1 nitrogen and oxygen atoms in total. The Morgan fingerprint density at radius 1 is 1.25 bits per heavy atom. The summed E-state index contributed by atoms with van der Waals surface area (Å²) in [6.45, 7) is 6.11. The van der Waals surface area contributed by atoms with Crippen LogP contribution in [0.3, 0.4) is 0 Å². The van der Waals surface area contributed by atoms with Gasteiger partial charge in [0.05, 0.1) is 11.5 Å². The lowest BCUT2D eigenvalue weighted by Crippen LogP contribution is -2.07. The van der Waals surface area contributed by atoms with Gasteiger partial charge in [-0.15, -0.1) is 11.8 Å². The molecule has 0 heterocycles. The first kappa shape index (κ1) is 13.1. The van der Waals surface area contributed by atoms with Crippen LogP contribution in [0.1, 0.15) is 32.3 Å². The van der Waals surface area contributed by atoms with Crippen molar-refractivity contribution in [2.24, 2.45) is 5.41 Å². The quantitative estimate of drug-likeness (QED) is 0.555. The van der Waals surface area contributed by atoms with Crippen LogP contribution in [0, 0.1) is 23.7 Å². The maximum atomic E-state index is 8.88. The van der Waals surface area contributed by atoms with E-state index < -0.39 is 0 Å². The Kier molecular flexibility index (Phi) is 4.89. The van der Waals surface area contributed by atoms with Crippen molar-refractivity contribution in [3.8, 4) is 6.07 Å². The molecular weight excluding hydrogens is 214 g/mol. The normalized spacial score (nSPS) is 11.1. The smallest absolute Gasteiger partial charge is 0.0683 e. The largest absolute Gasteiger partial charge is 0.198 e. The lowest BCUT2D eigenvalue weighted by Gasteiger charge is -2.13. The minimum Gasteiger partial charge on any atom is -0.198 e. The highest BCUT2D eigenvalue weighted by molar-refractivity contribution is 7.99. The van der Waals surface area contributed by atoms with Crippen molar-refractivity contribution in [1.82, 2.24) is 0 Å². The third-order valence-corrected chi connectivity index (χ3v) is 3.64. The van der Waals surface area contributed by atoms with E-state index in [0.717, 1.165) is 18.6 Å². The Morgan fingerprint density at radius 3 is 2.44 bits per heavy atom. The lowest BCUT2D eigenvalue weighted by atomic mass is 9.90. The molecule has 0 radical (unpaired) electrons. The van der Waals surface area contributed by atoms with E-state index in [2.05, 4.69) is 37.3 Å². The Bertz CT molecular complexity index is 359. The summed E-state index contributed by atoms with van der Waals surface area (Å²) in [5, 5.41) is 8.88. The molecule has 0 amide bonds. The van der Waals surface area contributed by atoms with Crippen molar-refractivity contribution in [3.05, 3.63) is 29.8 Å². The summed E-state index contributed by atoms with van der Waals surface area (Å²) in [7, 11) is 0. The molecule has 1 aromatic rings. The SMILES string of the molecule is Cc1ccc(SCCCC(C)(C)C#N)cc1. The molecular formula is C14H19NS. The summed E-state index contributed by atoms with van der Waals surface area (Å²) in [5.41, 5.74) is 1.13. The summed E-state index contributed by atoms with van der Waals surface area (Å²) >= 11 is 1.87. The molecule has 0 spiro atoms. The number of aryl methyl sites for hydroxylation is 1. The van der Waals surface area contributed by atoms with Gasteiger partial charge in [0.15, 0.2) is 0 Å². The van der Waals surface area contributed by atoms with Gasteiger partial charge in [-0.25, -0.2) is 0 Å². The molecule has 86 valence electrons. The van der Waals surface area contributed by atoms with E-state index >= 15 is 0 Å². The molecule has 0 bridgehead atoms.